The average molecular weight is 531 g/mol. The zero-order chi connectivity index (χ0) is 27.5. The summed E-state index contributed by atoms with van der Waals surface area (Å²) in [6.07, 6.45) is 8.04. The highest BCUT2D eigenvalue weighted by Crippen LogP contribution is 2.38. The Bertz CT molecular complexity index is 1770. The minimum absolute atomic E-state index is 0.903. The first-order chi connectivity index (χ1) is 18.9. The van der Waals surface area contributed by atoms with E-state index in [1.54, 1.807) is 11.3 Å². The Morgan fingerprint density at radius 3 is 2.62 bits per heavy atom. The number of benzene rings is 2. The quantitative estimate of drug-likeness (QED) is 0.157. The number of aromatic nitrogens is 3. The van der Waals surface area contributed by atoms with Crippen molar-refractivity contribution in [3.8, 4) is 21.8 Å². The predicted octanol–water partition coefficient (Wildman–Crippen LogP) is 9.85. The van der Waals surface area contributed by atoms with Crippen molar-refractivity contribution in [3.63, 3.8) is 0 Å². The van der Waals surface area contributed by atoms with Gasteiger partial charge in [0, 0.05) is 43.0 Å². The van der Waals surface area contributed by atoms with Crippen LogP contribution in [0.5, 0.6) is 0 Å². The van der Waals surface area contributed by atoms with Gasteiger partial charge in [-0.15, -0.1) is 11.3 Å². The Balaban J connectivity index is 1.54. The predicted molar refractivity (Wildman–Crippen MR) is 171 cm³/mol. The first kappa shape index (κ1) is 26.3. The summed E-state index contributed by atoms with van der Waals surface area (Å²) in [5, 5.41) is 13.6. The minimum Gasteiger partial charge on any atom is -0.359 e. The summed E-state index contributed by atoms with van der Waals surface area (Å²) in [5.74, 6) is 0. The van der Waals surface area contributed by atoms with Crippen LogP contribution in [0.3, 0.4) is 0 Å². The van der Waals surface area contributed by atoms with Crippen LogP contribution in [0.2, 0.25) is 0 Å². The van der Waals surface area contributed by atoms with Crippen molar-refractivity contribution in [3.05, 3.63) is 114 Å². The lowest BCUT2D eigenvalue weighted by molar-refractivity contribution is 0.829. The highest BCUT2D eigenvalue weighted by molar-refractivity contribution is 7.16. The van der Waals surface area contributed by atoms with Gasteiger partial charge >= 0.3 is 0 Å². The molecule has 2 aromatic carbocycles. The van der Waals surface area contributed by atoms with Crippen molar-refractivity contribution >= 4 is 44.3 Å². The van der Waals surface area contributed by atoms with Gasteiger partial charge in [0.05, 0.1) is 11.2 Å². The van der Waals surface area contributed by atoms with E-state index in [2.05, 4.69) is 116 Å². The van der Waals surface area contributed by atoms with Crippen LogP contribution in [0.4, 0.5) is 0 Å². The molecule has 0 aliphatic carbocycles. The largest absolute Gasteiger partial charge is 0.359 e. The zero-order valence-electron chi connectivity index (χ0n) is 22.8. The Morgan fingerprint density at radius 2 is 1.90 bits per heavy atom. The fraction of sp³-hybridized carbons (Fsp3) is 0.147. The van der Waals surface area contributed by atoms with E-state index in [9.17, 15) is 0 Å². The second kappa shape index (κ2) is 11.2. The summed E-state index contributed by atoms with van der Waals surface area (Å²) in [5.41, 5.74) is 10.4. The summed E-state index contributed by atoms with van der Waals surface area (Å²) >= 11 is 1.77. The summed E-state index contributed by atoms with van der Waals surface area (Å²) in [6, 6.07) is 19.4. The van der Waals surface area contributed by atoms with E-state index in [1.165, 1.54) is 20.7 Å². The standard InChI is InChI=1S/C34H34N4S/c1-7-11-22(6)35-25(9-3)18-23(8-2)24-14-15-30-28(19-24)34(38-37-30)31-20-27-26(12-10-13-29(27)36-31)33-17-16-32(39-33)21(4)5/h8-10,12-20,35-36H,3-4,6-7,11H2,1-2,5H3,(H,37,38)/b23-8+,25-18+. The Morgan fingerprint density at radius 1 is 1.05 bits per heavy atom. The van der Waals surface area contributed by atoms with Crippen LogP contribution < -0.4 is 5.32 Å². The Hall–Kier alpha value is -4.35. The third-order valence-corrected chi connectivity index (χ3v) is 8.10. The second-order valence-corrected chi connectivity index (χ2v) is 10.8. The van der Waals surface area contributed by atoms with E-state index < -0.39 is 0 Å². The molecule has 5 aromatic rings. The molecule has 3 aromatic heterocycles. The van der Waals surface area contributed by atoms with Gasteiger partial charge in [0.1, 0.15) is 5.69 Å². The maximum Gasteiger partial charge on any atom is 0.116 e. The van der Waals surface area contributed by atoms with Crippen molar-refractivity contribution < 1.29 is 0 Å². The third kappa shape index (κ3) is 5.31. The molecule has 0 saturated carbocycles. The molecular formula is C34H34N4S. The third-order valence-electron chi connectivity index (χ3n) is 6.82. The van der Waals surface area contributed by atoms with Gasteiger partial charge in [-0.25, -0.2) is 0 Å². The lowest BCUT2D eigenvalue weighted by atomic mass is 10.0. The van der Waals surface area contributed by atoms with Crippen LogP contribution in [0, 0.1) is 0 Å². The SMILES string of the molecule is C=C/C(=C\C(=C/C)c1ccc2[nH]nc(-c3cc4c(-c5ccc(C(=C)C)s5)cccc4[nH]3)c2c1)NC(=C)CCC. The number of hydrogen-bond donors (Lipinski definition) is 3. The van der Waals surface area contributed by atoms with E-state index in [0.29, 0.717) is 0 Å². The van der Waals surface area contributed by atoms with Gasteiger partial charge in [-0.1, -0.05) is 57.4 Å². The van der Waals surface area contributed by atoms with E-state index in [-0.39, 0.29) is 0 Å². The maximum absolute atomic E-state index is 4.71. The second-order valence-electron chi connectivity index (χ2n) is 9.75. The van der Waals surface area contributed by atoms with Gasteiger partial charge in [-0.3, -0.25) is 5.10 Å². The van der Waals surface area contributed by atoms with Crippen molar-refractivity contribution in [2.45, 2.75) is 33.6 Å². The zero-order valence-corrected chi connectivity index (χ0v) is 23.6. The fourth-order valence-corrected chi connectivity index (χ4v) is 5.80. The van der Waals surface area contributed by atoms with Gasteiger partial charge < -0.3 is 10.3 Å². The molecule has 3 N–H and O–H groups in total. The molecule has 0 aliphatic heterocycles. The monoisotopic (exact) mass is 530 g/mol. The summed E-state index contributed by atoms with van der Waals surface area (Å²) in [6.45, 7) is 18.5. The van der Waals surface area contributed by atoms with Gasteiger partial charge in [0.2, 0.25) is 0 Å². The number of thiophene rings is 1. The molecule has 0 amide bonds. The van der Waals surface area contributed by atoms with E-state index >= 15 is 0 Å². The van der Waals surface area contributed by atoms with E-state index in [0.717, 1.165) is 68.8 Å². The Labute approximate surface area is 234 Å². The van der Waals surface area contributed by atoms with Crippen molar-refractivity contribution in [1.29, 1.82) is 0 Å². The molecular weight excluding hydrogens is 496 g/mol. The Kier molecular flexibility index (Phi) is 7.53. The summed E-state index contributed by atoms with van der Waals surface area (Å²) in [4.78, 5) is 6.06. The number of H-pyrrole nitrogens is 2. The molecule has 0 atom stereocenters. The number of allylic oxidation sites excluding steroid dienone is 6. The average Bonchev–Trinajstić information content (AvgIpc) is 3.68. The molecule has 196 valence electrons. The number of nitrogens with one attached hydrogen (secondary N) is 3. The summed E-state index contributed by atoms with van der Waals surface area (Å²) < 4.78 is 0. The van der Waals surface area contributed by atoms with Crippen LogP contribution >= 0.6 is 11.3 Å². The molecule has 5 heteroatoms. The normalized spacial score (nSPS) is 12.3. The number of aromatic amines is 2. The number of rotatable bonds is 10. The van der Waals surface area contributed by atoms with Crippen LogP contribution in [0.25, 0.3) is 54.8 Å². The van der Waals surface area contributed by atoms with E-state index in [4.69, 9.17) is 5.10 Å². The molecule has 3 heterocycles. The molecule has 0 unspecified atom stereocenters. The van der Waals surface area contributed by atoms with Crippen LogP contribution in [-0.4, -0.2) is 15.2 Å². The molecule has 0 aliphatic rings. The number of fused-ring (bicyclic) bond motifs is 2. The van der Waals surface area contributed by atoms with Crippen molar-refractivity contribution in [1.82, 2.24) is 20.5 Å². The highest BCUT2D eigenvalue weighted by Gasteiger charge is 2.15. The molecule has 0 fully saturated rings. The van der Waals surface area contributed by atoms with Gasteiger partial charge in [0.15, 0.2) is 0 Å². The van der Waals surface area contributed by atoms with Crippen LogP contribution in [-0.2, 0) is 0 Å². The number of hydrogen-bond acceptors (Lipinski definition) is 3. The van der Waals surface area contributed by atoms with E-state index in [1.807, 2.05) is 13.0 Å². The first-order valence-electron chi connectivity index (χ1n) is 13.2. The smallest absolute Gasteiger partial charge is 0.116 e. The lowest BCUT2D eigenvalue weighted by Gasteiger charge is -2.11. The highest BCUT2D eigenvalue weighted by atomic mass is 32.1. The fourth-order valence-electron chi connectivity index (χ4n) is 4.82. The topological polar surface area (TPSA) is 56.5 Å². The molecule has 0 bridgehead atoms. The minimum atomic E-state index is 0.903. The van der Waals surface area contributed by atoms with Crippen molar-refractivity contribution in [2.75, 3.05) is 0 Å². The molecule has 0 saturated heterocycles. The van der Waals surface area contributed by atoms with Crippen LogP contribution in [0.15, 0.2) is 104 Å². The van der Waals surface area contributed by atoms with Gasteiger partial charge in [-0.05, 0) is 85.5 Å². The lowest BCUT2D eigenvalue weighted by Crippen LogP contribution is -2.10. The number of nitrogens with zero attached hydrogens (tertiary/aromatic N) is 1. The molecule has 39 heavy (non-hydrogen) atoms. The first-order valence-corrected chi connectivity index (χ1v) is 14.1. The molecule has 5 rings (SSSR count). The maximum atomic E-state index is 4.71. The summed E-state index contributed by atoms with van der Waals surface area (Å²) in [7, 11) is 0. The van der Waals surface area contributed by atoms with Gasteiger partial charge in [-0.2, -0.15) is 5.10 Å². The van der Waals surface area contributed by atoms with Gasteiger partial charge in [0.25, 0.3) is 0 Å². The molecule has 0 spiro atoms. The van der Waals surface area contributed by atoms with Crippen LogP contribution in [0.1, 0.15) is 44.1 Å². The molecule has 0 radical (unpaired) electrons. The van der Waals surface area contributed by atoms with Crippen molar-refractivity contribution in [2.24, 2.45) is 0 Å². The molecule has 4 nitrogen and oxygen atoms in total.